The van der Waals surface area contributed by atoms with Crippen LogP contribution in [0.5, 0.6) is 0 Å². The molecule has 0 fully saturated rings. The Labute approximate surface area is 72.6 Å². The summed E-state index contributed by atoms with van der Waals surface area (Å²) in [7, 11) is 0. The van der Waals surface area contributed by atoms with Crippen LogP contribution in [0.1, 0.15) is 16.8 Å². The molecule has 1 rings (SSSR count). The van der Waals surface area contributed by atoms with Crippen molar-refractivity contribution < 1.29 is 13.6 Å². The summed E-state index contributed by atoms with van der Waals surface area (Å²) in [5.41, 5.74) is -0.485. The highest BCUT2D eigenvalue weighted by Gasteiger charge is 2.13. The zero-order valence-corrected chi connectivity index (χ0v) is 6.42. The van der Waals surface area contributed by atoms with E-state index in [-0.39, 0.29) is 0 Å². The van der Waals surface area contributed by atoms with Crippen molar-refractivity contribution in [3.8, 4) is 6.07 Å². The lowest BCUT2D eigenvalue weighted by atomic mass is 10.1. The van der Waals surface area contributed by atoms with Gasteiger partial charge in [0.1, 0.15) is 5.82 Å². The summed E-state index contributed by atoms with van der Waals surface area (Å²) < 4.78 is 25.2. The largest absolute Gasteiger partial charge is 0.293 e. The zero-order chi connectivity index (χ0) is 9.84. The van der Waals surface area contributed by atoms with Crippen molar-refractivity contribution in [2.75, 3.05) is 0 Å². The number of carbonyl (C=O) groups excluding carboxylic acids is 1. The number of hydrogen-bond donors (Lipinski definition) is 0. The van der Waals surface area contributed by atoms with Gasteiger partial charge in [0.05, 0.1) is 24.3 Å². The van der Waals surface area contributed by atoms with Crippen LogP contribution in [0.25, 0.3) is 0 Å². The maximum atomic E-state index is 12.7. The van der Waals surface area contributed by atoms with E-state index in [2.05, 4.69) is 4.98 Å². The lowest BCUT2D eigenvalue weighted by Crippen LogP contribution is -2.03. The molecule has 0 spiro atoms. The number of carbonyl (C=O) groups is 1. The van der Waals surface area contributed by atoms with Gasteiger partial charge in [-0.3, -0.25) is 4.79 Å². The van der Waals surface area contributed by atoms with Gasteiger partial charge >= 0.3 is 0 Å². The van der Waals surface area contributed by atoms with Crippen molar-refractivity contribution in [3.63, 3.8) is 0 Å². The summed E-state index contributed by atoms with van der Waals surface area (Å²) in [6, 6.07) is 2.27. The number of pyridine rings is 1. The quantitative estimate of drug-likeness (QED) is 0.513. The molecule has 0 bridgehead atoms. The van der Waals surface area contributed by atoms with Crippen molar-refractivity contribution in [3.05, 3.63) is 29.6 Å². The standard InChI is InChI=1S/C8H4F2N2O/c9-5-3-6(7(13)1-2-11)8(10)12-4-5/h3-4H,1H2. The molecule has 0 N–H and O–H groups in total. The van der Waals surface area contributed by atoms with Crippen LogP contribution in [0.15, 0.2) is 12.3 Å². The Morgan fingerprint density at radius 1 is 1.62 bits per heavy atom. The minimum absolute atomic E-state index is 0.484. The lowest BCUT2D eigenvalue weighted by Gasteiger charge is -1.97. The first-order chi connectivity index (χ1) is 6.15. The smallest absolute Gasteiger partial charge is 0.223 e. The average Bonchev–Trinajstić information content (AvgIpc) is 2.09. The van der Waals surface area contributed by atoms with E-state index >= 15 is 0 Å². The van der Waals surface area contributed by atoms with Crippen molar-refractivity contribution in [1.82, 2.24) is 4.98 Å². The minimum atomic E-state index is -1.05. The number of ketones is 1. The third-order valence-electron chi connectivity index (χ3n) is 1.35. The Kier molecular flexibility index (Phi) is 2.65. The molecule has 0 amide bonds. The maximum absolute atomic E-state index is 12.7. The molecule has 0 atom stereocenters. The van der Waals surface area contributed by atoms with Gasteiger partial charge in [-0.2, -0.15) is 9.65 Å². The van der Waals surface area contributed by atoms with Crippen molar-refractivity contribution in [2.24, 2.45) is 0 Å². The van der Waals surface area contributed by atoms with Gasteiger partial charge in [0.2, 0.25) is 5.95 Å². The number of rotatable bonds is 2. The van der Waals surface area contributed by atoms with Crippen molar-refractivity contribution in [1.29, 1.82) is 5.26 Å². The Bertz CT molecular complexity index is 384. The summed E-state index contributed by atoms with van der Waals surface area (Å²) in [6.07, 6.45) is 0.181. The number of Topliss-reactive ketones (excluding diaryl/α,β-unsaturated/α-hetero) is 1. The predicted molar refractivity (Wildman–Crippen MR) is 38.7 cm³/mol. The van der Waals surface area contributed by atoms with Crippen LogP contribution >= 0.6 is 0 Å². The summed E-state index contributed by atoms with van der Waals surface area (Å²) >= 11 is 0. The number of halogens is 2. The summed E-state index contributed by atoms with van der Waals surface area (Å²) in [5, 5.41) is 8.15. The summed E-state index contributed by atoms with van der Waals surface area (Å²) in [4.78, 5) is 14.0. The molecule has 0 unspecified atom stereocenters. The molecule has 66 valence electrons. The molecule has 0 aromatic carbocycles. The average molecular weight is 182 g/mol. The second-order valence-electron chi connectivity index (χ2n) is 2.25. The van der Waals surface area contributed by atoms with Crippen LogP contribution in [-0.4, -0.2) is 10.8 Å². The molecule has 1 aromatic heterocycles. The van der Waals surface area contributed by atoms with Crippen LogP contribution in [0.2, 0.25) is 0 Å². The molecule has 13 heavy (non-hydrogen) atoms. The van der Waals surface area contributed by atoms with Crippen LogP contribution in [0.3, 0.4) is 0 Å². The Hall–Kier alpha value is -1.83. The van der Waals surface area contributed by atoms with Crippen molar-refractivity contribution >= 4 is 5.78 Å². The van der Waals surface area contributed by atoms with Crippen LogP contribution in [0.4, 0.5) is 8.78 Å². The molecule has 0 aliphatic carbocycles. The second kappa shape index (κ2) is 3.72. The minimum Gasteiger partial charge on any atom is -0.293 e. The molecule has 0 aliphatic heterocycles. The predicted octanol–water partition coefficient (Wildman–Crippen LogP) is 1.46. The third-order valence-corrected chi connectivity index (χ3v) is 1.35. The van der Waals surface area contributed by atoms with Crippen LogP contribution in [0, 0.1) is 23.1 Å². The number of nitrogens with zero attached hydrogens (tertiary/aromatic N) is 2. The summed E-state index contributed by atoms with van der Waals surface area (Å²) in [5.74, 6) is -2.63. The van der Waals surface area contributed by atoms with E-state index in [1.807, 2.05) is 0 Å². The molecule has 0 saturated heterocycles. The topological polar surface area (TPSA) is 53.8 Å². The second-order valence-corrected chi connectivity index (χ2v) is 2.25. The highest BCUT2D eigenvalue weighted by Crippen LogP contribution is 2.08. The Morgan fingerprint density at radius 3 is 2.92 bits per heavy atom. The van der Waals surface area contributed by atoms with E-state index < -0.39 is 29.5 Å². The van der Waals surface area contributed by atoms with Gasteiger partial charge in [-0.1, -0.05) is 0 Å². The van der Waals surface area contributed by atoms with E-state index in [1.165, 1.54) is 0 Å². The van der Waals surface area contributed by atoms with Gasteiger partial charge < -0.3 is 0 Å². The highest BCUT2D eigenvalue weighted by atomic mass is 19.1. The van der Waals surface area contributed by atoms with Gasteiger partial charge in [0, 0.05) is 0 Å². The van der Waals surface area contributed by atoms with E-state index in [4.69, 9.17) is 5.26 Å². The Morgan fingerprint density at radius 2 is 2.31 bits per heavy atom. The fourth-order valence-electron chi connectivity index (χ4n) is 0.785. The van der Waals surface area contributed by atoms with Gasteiger partial charge in [0.25, 0.3) is 0 Å². The first kappa shape index (κ1) is 9.26. The van der Waals surface area contributed by atoms with Crippen molar-refractivity contribution in [2.45, 2.75) is 6.42 Å². The van der Waals surface area contributed by atoms with E-state index in [0.717, 1.165) is 6.07 Å². The van der Waals surface area contributed by atoms with Gasteiger partial charge in [-0.05, 0) is 6.07 Å². The molecule has 0 saturated carbocycles. The maximum Gasteiger partial charge on any atom is 0.223 e. The van der Waals surface area contributed by atoms with Crippen LogP contribution in [-0.2, 0) is 0 Å². The number of aromatic nitrogens is 1. The van der Waals surface area contributed by atoms with Gasteiger partial charge in [-0.15, -0.1) is 0 Å². The molecule has 0 aliphatic rings. The normalized spacial score (nSPS) is 9.31. The monoisotopic (exact) mass is 182 g/mol. The van der Waals surface area contributed by atoms with E-state index in [0.29, 0.717) is 6.20 Å². The zero-order valence-electron chi connectivity index (χ0n) is 6.42. The first-order valence-corrected chi connectivity index (χ1v) is 3.36. The number of nitriles is 1. The molecule has 5 heteroatoms. The first-order valence-electron chi connectivity index (χ1n) is 3.36. The molecule has 1 heterocycles. The number of hydrogen-bond acceptors (Lipinski definition) is 3. The molecule has 0 radical (unpaired) electrons. The molecule has 3 nitrogen and oxygen atoms in total. The molecular formula is C8H4F2N2O. The van der Waals surface area contributed by atoms with E-state index in [1.54, 1.807) is 6.07 Å². The van der Waals surface area contributed by atoms with E-state index in [9.17, 15) is 13.6 Å². The third kappa shape index (κ3) is 2.06. The SMILES string of the molecule is N#CCC(=O)c1cc(F)cnc1F. The van der Waals surface area contributed by atoms with Gasteiger partial charge in [-0.25, -0.2) is 9.37 Å². The Balaban J connectivity index is 3.07. The summed E-state index contributed by atoms with van der Waals surface area (Å²) in [6.45, 7) is 0. The fraction of sp³-hybridized carbons (Fsp3) is 0.125. The molecular weight excluding hydrogens is 178 g/mol. The fourth-order valence-corrected chi connectivity index (χ4v) is 0.785. The van der Waals surface area contributed by atoms with Crippen LogP contribution < -0.4 is 0 Å². The highest BCUT2D eigenvalue weighted by molar-refractivity contribution is 5.97. The molecule has 1 aromatic rings. The van der Waals surface area contributed by atoms with Gasteiger partial charge in [0.15, 0.2) is 5.78 Å². The lowest BCUT2D eigenvalue weighted by molar-refractivity contribution is 0.0992.